The molecule has 2 atom stereocenters. The molecule has 2 aromatic rings. The molecule has 0 amide bonds. The minimum absolute atomic E-state index is 0.0230. The minimum atomic E-state index is -0.0396. The van der Waals surface area contributed by atoms with Gasteiger partial charge in [0.05, 0.1) is 17.9 Å². The van der Waals surface area contributed by atoms with Crippen molar-refractivity contribution in [1.82, 2.24) is 9.97 Å². The number of ether oxygens (including phenoxy) is 1. The largest absolute Gasteiger partial charge is 0.466 e. The Morgan fingerprint density at radius 3 is 2.69 bits per heavy atom. The van der Waals surface area contributed by atoms with Crippen LogP contribution < -0.4 is 4.90 Å². The summed E-state index contributed by atoms with van der Waals surface area (Å²) in [5.74, 6) is 3.17. The van der Waals surface area contributed by atoms with Crippen molar-refractivity contribution in [2.24, 2.45) is 11.8 Å². The molecule has 2 unspecified atom stereocenters. The third-order valence-corrected chi connectivity index (χ3v) is 7.77. The highest BCUT2D eigenvalue weighted by atomic mass is 32.1. The van der Waals surface area contributed by atoms with Gasteiger partial charge in [0.25, 0.3) is 0 Å². The molecule has 1 saturated heterocycles. The number of thiophene rings is 1. The second-order valence-electron chi connectivity index (χ2n) is 8.76. The number of fused-ring (bicyclic) bond motifs is 3. The zero-order valence-electron chi connectivity index (χ0n) is 18.2. The molecule has 0 N–H and O–H groups in total. The Kier molecular flexibility index (Phi) is 6.09. The number of piperidine rings is 1. The lowest BCUT2D eigenvalue weighted by molar-refractivity contribution is -0.148. The van der Waals surface area contributed by atoms with E-state index in [1.54, 1.807) is 0 Å². The highest BCUT2D eigenvalue weighted by Gasteiger charge is 2.30. The summed E-state index contributed by atoms with van der Waals surface area (Å²) in [6.45, 7) is 10.8. The predicted octanol–water partition coefficient (Wildman–Crippen LogP) is 5.11. The Hall–Kier alpha value is -1.69. The molecule has 3 heterocycles. The van der Waals surface area contributed by atoms with Gasteiger partial charge in [-0.2, -0.15) is 0 Å². The van der Waals surface area contributed by atoms with Crippen molar-refractivity contribution in [3.63, 3.8) is 0 Å². The Balaban J connectivity index is 1.70. The van der Waals surface area contributed by atoms with Crippen LogP contribution in [0.15, 0.2) is 0 Å². The fourth-order valence-corrected chi connectivity index (χ4v) is 5.94. The van der Waals surface area contributed by atoms with Gasteiger partial charge in [0, 0.05) is 23.9 Å². The van der Waals surface area contributed by atoms with E-state index in [2.05, 4.69) is 25.7 Å². The molecule has 1 fully saturated rings. The van der Waals surface area contributed by atoms with Gasteiger partial charge in [0.15, 0.2) is 0 Å². The van der Waals surface area contributed by atoms with Crippen LogP contribution in [0, 0.1) is 11.8 Å². The molecule has 0 spiro atoms. The van der Waals surface area contributed by atoms with Crippen LogP contribution in [-0.4, -0.2) is 35.6 Å². The number of hydrogen-bond acceptors (Lipinski definition) is 6. The molecule has 5 nitrogen and oxygen atoms in total. The topological polar surface area (TPSA) is 55.3 Å². The Morgan fingerprint density at radius 1 is 1.24 bits per heavy atom. The van der Waals surface area contributed by atoms with Crippen LogP contribution in [0.3, 0.4) is 0 Å². The molecule has 2 aromatic heterocycles. The summed E-state index contributed by atoms with van der Waals surface area (Å²) in [5.41, 5.74) is 1.49. The second-order valence-corrected chi connectivity index (χ2v) is 9.84. The second kappa shape index (κ2) is 8.58. The maximum absolute atomic E-state index is 12.2. The van der Waals surface area contributed by atoms with Gasteiger partial charge in [-0.25, -0.2) is 9.97 Å². The van der Waals surface area contributed by atoms with E-state index in [0.717, 1.165) is 61.2 Å². The highest BCUT2D eigenvalue weighted by Crippen LogP contribution is 2.42. The van der Waals surface area contributed by atoms with Gasteiger partial charge in [-0.05, 0) is 56.9 Å². The summed E-state index contributed by atoms with van der Waals surface area (Å²) < 4.78 is 5.25. The van der Waals surface area contributed by atoms with Crippen LogP contribution in [0.4, 0.5) is 5.82 Å². The van der Waals surface area contributed by atoms with Crippen LogP contribution in [0.5, 0.6) is 0 Å². The molecule has 0 saturated carbocycles. The fourth-order valence-electron chi connectivity index (χ4n) is 4.56. The van der Waals surface area contributed by atoms with Crippen molar-refractivity contribution < 1.29 is 9.53 Å². The lowest BCUT2D eigenvalue weighted by Crippen LogP contribution is -2.37. The van der Waals surface area contributed by atoms with Crippen molar-refractivity contribution in [2.45, 2.75) is 72.1 Å². The summed E-state index contributed by atoms with van der Waals surface area (Å²) in [4.78, 5) is 27.3. The van der Waals surface area contributed by atoms with Crippen LogP contribution in [0.25, 0.3) is 10.2 Å². The van der Waals surface area contributed by atoms with Crippen molar-refractivity contribution in [3.05, 3.63) is 16.3 Å². The summed E-state index contributed by atoms with van der Waals surface area (Å²) in [6.07, 6.45) is 6.27. The summed E-state index contributed by atoms with van der Waals surface area (Å²) >= 11 is 1.88. The van der Waals surface area contributed by atoms with Crippen molar-refractivity contribution in [2.75, 3.05) is 24.6 Å². The first-order valence-corrected chi connectivity index (χ1v) is 12.1. The average molecular weight is 416 g/mol. The van der Waals surface area contributed by atoms with E-state index in [1.165, 1.54) is 28.7 Å². The number of nitrogens with zero attached hydrogens (tertiary/aromatic N) is 3. The highest BCUT2D eigenvalue weighted by molar-refractivity contribution is 7.19. The van der Waals surface area contributed by atoms with E-state index in [9.17, 15) is 4.79 Å². The van der Waals surface area contributed by atoms with Gasteiger partial charge in [-0.1, -0.05) is 20.8 Å². The normalized spacial score (nSPS) is 21.2. The number of carbonyl (C=O) groups is 1. The molecule has 29 heavy (non-hydrogen) atoms. The standard InChI is InChI=1S/C23H33N3O2S/c1-5-15(4)20-24-21(26-11-9-16(10-12-26)23(27)28-6-2)19-17-8-7-14(3)13-18(17)29-22(19)25-20/h14-16H,5-13H2,1-4H3. The predicted molar refractivity (Wildman–Crippen MR) is 119 cm³/mol. The van der Waals surface area contributed by atoms with Crippen molar-refractivity contribution >= 4 is 33.3 Å². The SMILES string of the molecule is CCOC(=O)C1CCN(c2nc(C(C)CC)nc3sc4c(c23)CCC(C)C4)CC1. The van der Waals surface area contributed by atoms with E-state index in [1.807, 2.05) is 18.3 Å². The lowest BCUT2D eigenvalue weighted by atomic mass is 9.89. The van der Waals surface area contributed by atoms with Crippen LogP contribution in [0.2, 0.25) is 0 Å². The van der Waals surface area contributed by atoms with Gasteiger partial charge >= 0.3 is 5.97 Å². The molecule has 2 aliphatic rings. The zero-order valence-corrected chi connectivity index (χ0v) is 19.0. The van der Waals surface area contributed by atoms with Crippen LogP contribution >= 0.6 is 11.3 Å². The molecule has 0 bridgehead atoms. The summed E-state index contributed by atoms with van der Waals surface area (Å²) in [7, 11) is 0. The van der Waals surface area contributed by atoms with E-state index in [-0.39, 0.29) is 11.9 Å². The number of aryl methyl sites for hydroxylation is 1. The molecule has 0 radical (unpaired) electrons. The Labute approximate surface area is 177 Å². The zero-order chi connectivity index (χ0) is 20.5. The van der Waals surface area contributed by atoms with E-state index in [0.29, 0.717) is 12.5 Å². The van der Waals surface area contributed by atoms with Gasteiger partial charge in [0.2, 0.25) is 0 Å². The van der Waals surface area contributed by atoms with E-state index >= 15 is 0 Å². The molecular weight excluding hydrogens is 382 g/mol. The first kappa shape index (κ1) is 20.6. The lowest BCUT2D eigenvalue weighted by Gasteiger charge is -2.32. The van der Waals surface area contributed by atoms with Gasteiger partial charge < -0.3 is 9.64 Å². The monoisotopic (exact) mass is 415 g/mol. The molecule has 158 valence electrons. The minimum Gasteiger partial charge on any atom is -0.466 e. The first-order chi connectivity index (χ1) is 14.0. The quantitative estimate of drug-likeness (QED) is 0.635. The van der Waals surface area contributed by atoms with E-state index in [4.69, 9.17) is 14.7 Å². The number of esters is 1. The van der Waals surface area contributed by atoms with E-state index < -0.39 is 0 Å². The number of hydrogen-bond donors (Lipinski definition) is 0. The van der Waals surface area contributed by atoms with Gasteiger partial charge in [0.1, 0.15) is 16.5 Å². The van der Waals surface area contributed by atoms with Crippen molar-refractivity contribution in [3.8, 4) is 0 Å². The molecule has 1 aliphatic carbocycles. The fraction of sp³-hybridized carbons (Fsp3) is 0.696. The maximum Gasteiger partial charge on any atom is 0.309 e. The van der Waals surface area contributed by atoms with Crippen LogP contribution in [0.1, 0.15) is 75.6 Å². The third kappa shape index (κ3) is 4.00. The summed E-state index contributed by atoms with van der Waals surface area (Å²) in [6, 6.07) is 0. The molecule has 0 aromatic carbocycles. The smallest absolute Gasteiger partial charge is 0.309 e. The molecule has 6 heteroatoms. The molecule has 4 rings (SSSR count). The molecular formula is C23H33N3O2S. The molecule has 1 aliphatic heterocycles. The first-order valence-electron chi connectivity index (χ1n) is 11.3. The summed E-state index contributed by atoms with van der Waals surface area (Å²) in [5, 5.41) is 1.29. The Bertz CT molecular complexity index is 886. The third-order valence-electron chi connectivity index (χ3n) is 6.62. The number of carbonyl (C=O) groups excluding carboxylic acids is 1. The van der Waals surface area contributed by atoms with Crippen LogP contribution in [-0.2, 0) is 22.4 Å². The maximum atomic E-state index is 12.2. The number of aromatic nitrogens is 2. The van der Waals surface area contributed by atoms with Crippen molar-refractivity contribution in [1.29, 1.82) is 0 Å². The average Bonchev–Trinajstić information content (AvgIpc) is 3.10. The van der Waals surface area contributed by atoms with Gasteiger partial charge in [-0.3, -0.25) is 4.79 Å². The number of anilines is 1. The van der Waals surface area contributed by atoms with Gasteiger partial charge in [-0.15, -0.1) is 11.3 Å². The Morgan fingerprint density at radius 2 is 2.00 bits per heavy atom. The number of rotatable bonds is 5.